The number of esters is 1. The number of aryl methyl sites for hydroxylation is 1. The maximum Gasteiger partial charge on any atom is 0.339 e. The van der Waals surface area contributed by atoms with Crippen LogP contribution in [0, 0.1) is 6.92 Å². The minimum atomic E-state index is -1.87. The van der Waals surface area contributed by atoms with Gasteiger partial charge in [-0.05, 0) is 31.2 Å². The third kappa shape index (κ3) is 5.27. The minimum absolute atomic E-state index is 0.249. The number of hydrogen-bond donors (Lipinski definition) is 2. The van der Waals surface area contributed by atoms with Crippen LogP contribution in [-0.4, -0.2) is 28.9 Å². The van der Waals surface area contributed by atoms with Gasteiger partial charge in [-0.3, -0.25) is 4.79 Å². The molecule has 0 spiro atoms. The number of amides is 1. The largest absolute Gasteiger partial charge is 0.465 e. The zero-order valence-corrected chi connectivity index (χ0v) is 16.3. The Kier molecular flexibility index (Phi) is 6.75. The van der Waals surface area contributed by atoms with Crippen LogP contribution in [0.4, 0.5) is 5.69 Å². The molecule has 138 valence electrons. The minimum Gasteiger partial charge on any atom is -0.465 e. The highest BCUT2D eigenvalue weighted by Gasteiger charge is 2.35. The Balaban J connectivity index is 2.27. The highest BCUT2D eigenvalue weighted by Crippen LogP contribution is 2.32. The smallest absolute Gasteiger partial charge is 0.339 e. The van der Waals surface area contributed by atoms with Gasteiger partial charge in [-0.2, -0.15) is 0 Å². The van der Waals surface area contributed by atoms with Crippen LogP contribution in [0.3, 0.4) is 0 Å². The van der Waals surface area contributed by atoms with E-state index < -0.39 is 21.8 Å². The van der Waals surface area contributed by atoms with Crippen LogP contribution in [0.5, 0.6) is 0 Å². The summed E-state index contributed by atoms with van der Waals surface area (Å²) in [6.07, 6.45) is -1.09. The number of para-hydroxylation sites is 1. The Labute approximate surface area is 166 Å². The quantitative estimate of drug-likeness (QED) is 0.433. The molecule has 0 bridgehead atoms. The molecule has 0 saturated carbocycles. The molecule has 2 aromatic carbocycles. The van der Waals surface area contributed by atoms with E-state index in [4.69, 9.17) is 39.5 Å². The molecule has 5 nitrogen and oxygen atoms in total. The number of alkyl halides is 3. The van der Waals surface area contributed by atoms with Crippen molar-refractivity contribution in [1.82, 2.24) is 5.32 Å². The normalized spacial score (nSPS) is 12.2. The van der Waals surface area contributed by atoms with Gasteiger partial charge in [0.15, 0.2) is 0 Å². The number of nitrogens with one attached hydrogen (secondary N) is 2. The summed E-state index contributed by atoms with van der Waals surface area (Å²) in [5, 5.41) is 5.52. The van der Waals surface area contributed by atoms with E-state index in [2.05, 4.69) is 10.6 Å². The van der Waals surface area contributed by atoms with Crippen LogP contribution in [0.25, 0.3) is 0 Å². The van der Waals surface area contributed by atoms with Crippen molar-refractivity contribution in [3.05, 3.63) is 65.2 Å². The lowest BCUT2D eigenvalue weighted by molar-refractivity contribution is 0.0601. The molecule has 1 amide bonds. The van der Waals surface area contributed by atoms with E-state index in [0.29, 0.717) is 11.3 Å². The van der Waals surface area contributed by atoms with Gasteiger partial charge in [0, 0.05) is 5.56 Å². The van der Waals surface area contributed by atoms with Gasteiger partial charge in [-0.1, -0.05) is 64.6 Å². The van der Waals surface area contributed by atoms with E-state index in [0.717, 1.165) is 5.56 Å². The first-order chi connectivity index (χ1) is 12.2. The fraction of sp³-hybridized carbons (Fsp3) is 0.222. The molecule has 0 saturated heterocycles. The van der Waals surface area contributed by atoms with Gasteiger partial charge in [0.05, 0.1) is 18.4 Å². The van der Waals surface area contributed by atoms with Crippen LogP contribution >= 0.6 is 34.8 Å². The molecule has 2 aromatic rings. The van der Waals surface area contributed by atoms with Crippen LogP contribution in [0.15, 0.2) is 48.5 Å². The zero-order valence-electron chi connectivity index (χ0n) is 14.1. The topological polar surface area (TPSA) is 67.4 Å². The Morgan fingerprint density at radius 2 is 1.77 bits per heavy atom. The summed E-state index contributed by atoms with van der Waals surface area (Å²) in [6, 6.07) is 13.6. The maximum absolute atomic E-state index is 12.5. The number of ether oxygens (including phenoxy) is 1. The molecule has 2 N–H and O–H groups in total. The molecule has 1 unspecified atom stereocenters. The van der Waals surface area contributed by atoms with E-state index >= 15 is 0 Å². The third-order valence-corrected chi connectivity index (χ3v) is 4.17. The van der Waals surface area contributed by atoms with Gasteiger partial charge in [0.1, 0.15) is 6.17 Å². The Hall–Kier alpha value is -1.95. The number of halogens is 3. The van der Waals surface area contributed by atoms with Gasteiger partial charge in [0.2, 0.25) is 3.79 Å². The lowest BCUT2D eigenvalue weighted by atomic mass is 10.1. The SMILES string of the molecule is COC(=O)c1ccccc1NC(NC(=O)c1cccc(C)c1)C(Cl)(Cl)Cl. The average molecular weight is 416 g/mol. The molecular weight excluding hydrogens is 399 g/mol. The van der Waals surface area contributed by atoms with Gasteiger partial charge in [-0.25, -0.2) is 4.79 Å². The summed E-state index contributed by atoms with van der Waals surface area (Å²) >= 11 is 18.0. The Morgan fingerprint density at radius 3 is 2.38 bits per heavy atom. The number of methoxy groups -OCH3 is 1. The molecular formula is C18H17Cl3N2O3. The predicted molar refractivity (Wildman–Crippen MR) is 104 cm³/mol. The first-order valence-corrected chi connectivity index (χ1v) is 8.74. The van der Waals surface area contributed by atoms with Crippen molar-refractivity contribution in [2.45, 2.75) is 16.9 Å². The average Bonchev–Trinajstić information content (AvgIpc) is 2.60. The summed E-state index contributed by atoms with van der Waals surface area (Å²) in [5.74, 6) is -0.978. The van der Waals surface area contributed by atoms with Gasteiger partial charge in [-0.15, -0.1) is 0 Å². The molecule has 2 rings (SSSR count). The van der Waals surface area contributed by atoms with E-state index in [1.54, 1.807) is 42.5 Å². The fourth-order valence-corrected chi connectivity index (χ4v) is 2.58. The summed E-state index contributed by atoms with van der Waals surface area (Å²) in [5.41, 5.74) is 1.96. The molecule has 0 aliphatic carbocycles. The fourth-order valence-electron chi connectivity index (χ4n) is 2.25. The maximum atomic E-state index is 12.5. The first kappa shape index (κ1) is 20.4. The van der Waals surface area contributed by atoms with Crippen molar-refractivity contribution >= 4 is 52.4 Å². The van der Waals surface area contributed by atoms with Crippen molar-refractivity contribution in [3.8, 4) is 0 Å². The number of hydrogen-bond acceptors (Lipinski definition) is 4. The van der Waals surface area contributed by atoms with E-state index in [1.807, 2.05) is 13.0 Å². The van der Waals surface area contributed by atoms with Crippen LogP contribution < -0.4 is 10.6 Å². The molecule has 0 heterocycles. The highest BCUT2D eigenvalue weighted by atomic mass is 35.6. The summed E-state index contributed by atoms with van der Waals surface area (Å²) in [4.78, 5) is 24.4. The van der Waals surface area contributed by atoms with Crippen molar-refractivity contribution in [2.75, 3.05) is 12.4 Å². The number of benzene rings is 2. The molecule has 0 aliphatic rings. The van der Waals surface area contributed by atoms with Crippen LogP contribution in [0.2, 0.25) is 0 Å². The van der Waals surface area contributed by atoms with Gasteiger partial charge < -0.3 is 15.4 Å². The highest BCUT2D eigenvalue weighted by molar-refractivity contribution is 6.68. The van der Waals surface area contributed by atoms with Crippen molar-refractivity contribution in [1.29, 1.82) is 0 Å². The lowest BCUT2D eigenvalue weighted by Crippen LogP contribution is -2.49. The molecule has 8 heteroatoms. The second-order valence-corrected chi connectivity index (χ2v) is 7.87. The second kappa shape index (κ2) is 8.62. The summed E-state index contributed by atoms with van der Waals surface area (Å²) in [6.45, 7) is 1.87. The third-order valence-electron chi connectivity index (χ3n) is 3.52. The van der Waals surface area contributed by atoms with E-state index in [9.17, 15) is 9.59 Å². The number of carbonyl (C=O) groups excluding carboxylic acids is 2. The standard InChI is InChI=1S/C18H17Cl3N2O3/c1-11-6-5-7-12(10-11)15(24)23-17(18(19,20)21)22-14-9-4-3-8-13(14)16(25)26-2/h3-10,17,22H,1-2H3,(H,23,24). The van der Waals surface area contributed by atoms with Crippen LogP contribution in [-0.2, 0) is 4.74 Å². The monoisotopic (exact) mass is 414 g/mol. The summed E-state index contributed by atoms with van der Waals surface area (Å²) in [7, 11) is 1.27. The number of carbonyl (C=O) groups is 2. The molecule has 26 heavy (non-hydrogen) atoms. The van der Waals surface area contributed by atoms with Crippen molar-refractivity contribution < 1.29 is 14.3 Å². The molecule has 0 fully saturated rings. The second-order valence-electron chi connectivity index (χ2n) is 5.50. The van der Waals surface area contributed by atoms with Gasteiger partial charge >= 0.3 is 5.97 Å². The molecule has 1 atom stereocenters. The lowest BCUT2D eigenvalue weighted by Gasteiger charge is -2.28. The van der Waals surface area contributed by atoms with E-state index in [1.165, 1.54) is 7.11 Å². The molecule has 0 aromatic heterocycles. The molecule has 0 radical (unpaired) electrons. The van der Waals surface area contributed by atoms with Crippen LogP contribution in [0.1, 0.15) is 26.3 Å². The first-order valence-electron chi connectivity index (χ1n) is 7.60. The van der Waals surface area contributed by atoms with Gasteiger partial charge in [0.25, 0.3) is 5.91 Å². The zero-order chi connectivity index (χ0) is 19.3. The number of rotatable bonds is 5. The Bertz CT molecular complexity index is 806. The predicted octanol–water partition coefficient (Wildman–Crippen LogP) is 4.32. The van der Waals surface area contributed by atoms with Crippen molar-refractivity contribution in [3.63, 3.8) is 0 Å². The molecule has 0 aliphatic heterocycles. The van der Waals surface area contributed by atoms with E-state index in [-0.39, 0.29) is 5.56 Å². The Morgan fingerprint density at radius 1 is 1.08 bits per heavy atom. The van der Waals surface area contributed by atoms with Crippen molar-refractivity contribution in [2.24, 2.45) is 0 Å². The number of anilines is 1. The summed E-state index contributed by atoms with van der Waals surface area (Å²) < 4.78 is 2.87.